The third-order valence-corrected chi connectivity index (χ3v) is 4.16. The van der Waals surface area contributed by atoms with Crippen molar-refractivity contribution in [3.63, 3.8) is 0 Å². The lowest BCUT2D eigenvalue weighted by atomic mass is 10.0. The molecule has 0 amide bonds. The maximum absolute atomic E-state index is 12.7. The molecule has 4 heteroatoms. The SMILES string of the molecule is COc1ccccc1C(=O)c1ccc(-c2nc3ccccc3[nH]2)cc1. The highest BCUT2D eigenvalue weighted by atomic mass is 16.5. The summed E-state index contributed by atoms with van der Waals surface area (Å²) in [6.07, 6.45) is 0. The van der Waals surface area contributed by atoms with Crippen LogP contribution in [0.2, 0.25) is 0 Å². The summed E-state index contributed by atoms with van der Waals surface area (Å²) < 4.78 is 5.28. The van der Waals surface area contributed by atoms with Crippen LogP contribution in [0.25, 0.3) is 22.4 Å². The molecule has 3 aromatic carbocycles. The van der Waals surface area contributed by atoms with Crippen LogP contribution in [0.3, 0.4) is 0 Å². The predicted molar refractivity (Wildman–Crippen MR) is 98.0 cm³/mol. The first-order valence-electron chi connectivity index (χ1n) is 7.99. The Morgan fingerprint density at radius 2 is 1.64 bits per heavy atom. The van der Waals surface area contributed by atoms with Gasteiger partial charge in [-0.2, -0.15) is 0 Å². The lowest BCUT2D eigenvalue weighted by Crippen LogP contribution is -2.03. The fraction of sp³-hybridized carbons (Fsp3) is 0.0476. The number of para-hydroxylation sites is 3. The van der Waals surface area contributed by atoms with Gasteiger partial charge in [0.05, 0.1) is 23.7 Å². The number of fused-ring (bicyclic) bond motifs is 1. The first-order chi connectivity index (χ1) is 12.3. The number of carbonyl (C=O) groups excluding carboxylic acids is 1. The Balaban J connectivity index is 1.66. The summed E-state index contributed by atoms with van der Waals surface area (Å²) in [5.74, 6) is 1.31. The number of nitrogens with one attached hydrogen (secondary N) is 1. The van der Waals surface area contributed by atoms with Crippen molar-refractivity contribution in [3.05, 3.63) is 83.9 Å². The van der Waals surface area contributed by atoms with Crippen molar-refractivity contribution < 1.29 is 9.53 Å². The van der Waals surface area contributed by atoms with Gasteiger partial charge in [-0.3, -0.25) is 4.79 Å². The van der Waals surface area contributed by atoms with Gasteiger partial charge in [0, 0.05) is 11.1 Å². The van der Waals surface area contributed by atoms with E-state index in [2.05, 4.69) is 9.97 Å². The van der Waals surface area contributed by atoms with Gasteiger partial charge in [0.15, 0.2) is 5.78 Å². The normalized spacial score (nSPS) is 10.8. The third-order valence-electron chi connectivity index (χ3n) is 4.16. The van der Waals surface area contributed by atoms with Crippen LogP contribution in [-0.2, 0) is 0 Å². The van der Waals surface area contributed by atoms with Crippen LogP contribution in [0.5, 0.6) is 5.75 Å². The number of H-pyrrole nitrogens is 1. The fourth-order valence-electron chi connectivity index (χ4n) is 2.86. The van der Waals surface area contributed by atoms with Crippen molar-refractivity contribution >= 4 is 16.8 Å². The molecular formula is C21H16N2O2. The molecule has 0 radical (unpaired) electrons. The van der Waals surface area contributed by atoms with E-state index >= 15 is 0 Å². The van der Waals surface area contributed by atoms with Gasteiger partial charge in [-0.25, -0.2) is 4.98 Å². The second kappa shape index (κ2) is 6.24. The molecule has 0 bridgehead atoms. The molecule has 0 saturated heterocycles. The molecule has 0 atom stereocenters. The molecule has 1 N–H and O–H groups in total. The number of methoxy groups -OCH3 is 1. The summed E-state index contributed by atoms with van der Waals surface area (Å²) in [7, 11) is 1.57. The van der Waals surface area contributed by atoms with E-state index in [4.69, 9.17) is 4.74 Å². The van der Waals surface area contributed by atoms with E-state index in [-0.39, 0.29) is 5.78 Å². The Kier molecular flexibility index (Phi) is 3.78. The number of rotatable bonds is 4. The van der Waals surface area contributed by atoms with Crippen LogP contribution >= 0.6 is 0 Å². The van der Waals surface area contributed by atoms with Gasteiger partial charge in [-0.1, -0.05) is 48.5 Å². The van der Waals surface area contributed by atoms with Gasteiger partial charge >= 0.3 is 0 Å². The number of ether oxygens (including phenoxy) is 1. The molecule has 1 aromatic heterocycles. The van der Waals surface area contributed by atoms with Crippen LogP contribution < -0.4 is 4.74 Å². The number of hydrogen-bond acceptors (Lipinski definition) is 3. The summed E-state index contributed by atoms with van der Waals surface area (Å²) in [5, 5.41) is 0. The largest absolute Gasteiger partial charge is 0.496 e. The summed E-state index contributed by atoms with van der Waals surface area (Å²) in [6.45, 7) is 0. The average molecular weight is 328 g/mol. The molecule has 0 unspecified atom stereocenters. The second-order valence-corrected chi connectivity index (χ2v) is 5.71. The Morgan fingerprint density at radius 3 is 2.40 bits per heavy atom. The Morgan fingerprint density at radius 1 is 0.920 bits per heavy atom. The van der Waals surface area contributed by atoms with E-state index in [0.29, 0.717) is 16.9 Å². The molecular weight excluding hydrogens is 312 g/mol. The molecule has 25 heavy (non-hydrogen) atoms. The minimum atomic E-state index is -0.0615. The molecule has 0 saturated carbocycles. The quantitative estimate of drug-likeness (QED) is 0.562. The van der Waals surface area contributed by atoms with E-state index in [1.54, 1.807) is 19.2 Å². The minimum Gasteiger partial charge on any atom is -0.496 e. The van der Waals surface area contributed by atoms with Crippen molar-refractivity contribution in [2.75, 3.05) is 7.11 Å². The third kappa shape index (κ3) is 2.78. The van der Waals surface area contributed by atoms with Crippen LogP contribution in [0, 0.1) is 0 Å². The van der Waals surface area contributed by atoms with Gasteiger partial charge in [0.1, 0.15) is 11.6 Å². The van der Waals surface area contributed by atoms with E-state index in [1.807, 2.05) is 60.7 Å². The first kappa shape index (κ1) is 15.1. The number of carbonyl (C=O) groups is 1. The number of aromatic nitrogens is 2. The van der Waals surface area contributed by atoms with Crippen LogP contribution in [-0.4, -0.2) is 22.9 Å². The summed E-state index contributed by atoms with van der Waals surface area (Å²) >= 11 is 0. The van der Waals surface area contributed by atoms with Crippen molar-refractivity contribution in [3.8, 4) is 17.1 Å². The second-order valence-electron chi connectivity index (χ2n) is 5.71. The fourth-order valence-corrected chi connectivity index (χ4v) is 2.86. The minimum absolute atomic E-state index is 0.0615. The molecule has 0 fully saturated rings. The number of benzene rings is 3. The van der Waals surface area contributed by atoms with Gasteiger partial charge in [0.2, 0.25) is 0 Å². The summed E-state index contributed by atoms with van der Waals surface area (Å²) in [6, 6.07) is 22.6. The predicted octanol–water partition coefficient (Wildman–Crippen LogP) is 4.47. The Bertz CT molecular complexity index is 1020. The Hall–Kier alpha value is -3.40. The van der Waals surface area contributed by atoms with Crippen molar-refractivity contribution in [2.24, 2.45) is 0 Å². The van der Waals surface area contributed by atoms with Gasteiger partial charge < -0.3 is 9.72 Å². The standard InChI is InChI=1S/C21H16N2O2/c1-25-19-9-5-2-6-16(19)20(24)14-10-12-15(13-11-14)21-22-17-7-3-4-8-18(17)23-21/h2-13H,1H3,(H,22,23). The average Bonchev–Trinajstić information content (AvgIpc) is 3.12. The zero-order valence-electron chi connectivity index (χ0n) is 13.7. The highest BCUT2D eigenvalue weighted by Crippen LogP contribution is 2.24. The lowest BCUT2D eigenvalue weighted by molar-refractivity contribution is 0.103. The van der Waals surface area contributed by atoms with Gasteiger partial charge in [0.25, 0.3) is 0 Å². The zero-order chi connectivity index (χ0) is 17.2. The highest BCUT2D eigenvalue weighted by Gasteiger charge is 2.14. The van der Waals surface area contributed by atoms with E-state index in [1.165, 1.54) is 0 Å². The van der Waals surface area contributed by atoms with Crippen LogP contribution in [0.4, 0.5) is 0 Å². The van der Waals surface area contributed by atoms with E-state index in [0.717, 1.165) is 22.4 Å². The highest BCUT2D eigenvalue weighted by molar-refractivity contribution is 6.10. The molecule has 4 aromatic rings. The topological polar surface area (TPSA) is 55.0 Å². The number of aromatic amines is 1. The molecule has 4 rings (SSSR count). The van der Waals surface area contributed by atoms with E-state index < -0.39 is 0 Å². The van der Waals surface area contributed by atoms with Crippen molar-refractivity contribution in [1.82, 2.24) is 9.97 Å². The molecule has 1 heterocycles. The van der Waals surface area contributed by atoms with Crippen LogP contribution in [0.1, 0.15) is 15.9 Å². The maximum Gasteiger partial charge on any atom is 0.196 e. The Labute approximate surface area is 145 Å². The number of nitrogens with zero attached hydrogens (tertiary/aromatic N) is 1. The first-order valence-corrected chi connectivity index (χ1v) is 7.99. The molecule has 0 aliphatic rings. The smallest absolute Gasteiger partial charge is 0.196 e. The summed E-state index contributed by atoms with van der Waals surface area (Å²) in [5.41, 5.74) is 4.02. The zero-order valence-corrected chi connectivity index (χ0v) is 13.7. The maximum atomic E-state index is 12.7. The van der Waals surface area contributed by atoms with Gasteiger partial charge in [-0.15, -0.1) is 0 Å². The number of hydrogen-bond donors (Lipinski definition) is 1. The molecule has 122 valence electrons. The molecule has 0 spiro atoms. The number of imidazole rings is 1. The van der Waals surface area contributed by atoms with Crippen molar-refractivity contribution in [1.29, 1.82) is 0 Å². The van der Waals surface area contributed by atoms with Crippen LogP contribution in [0.15, 0.2) is 72.8 Å². The molecule has 0 aliphatic carbocycles. The monoisotopic (exact) mass is 328 g/mol. The van der Waals surface area contributed by atoms with Gasteiger partial charge in [-0.05, 0) is 24.3 Å². The van der Waals surface area contributed by atoms with E-state index in [9.17, 15) is 4.79 Å². The molecule has 4 nitrogen and oxygen atoms in total. The number of ketones is 1. The lowest BCUT2D eigenvalue weighted by Gasteiger charge is -2.07. The summed E-state index contributed by atoms with van der Waals surface area (Å²) in [4.78, 5) is 20.6. The van der Waals surface area contributed by atoms with Crippen molar-refractivity contribution in [2.45, 2.75) is 0 Å². The molecule has 0 aliphatic heterocycles.